The Balaban J connectivity index is 1.62. The zero-order valence-electron chi connectivity index (χ0n) is 19.2. The van der Waals surface area contributed by atoms with Gasteiger partial charge in [0.05, 0.1) is 23.3 Å². The van der Waals surface area contributed by atoms with Crippen molar-refractivity contribution in [2.75, 3.05) is 19.7 Å². The minimum Gasteiger partial charge on any atom is -0.447 e. The molecule has 2 amide bonds. The topological polar surface area (TPSA) is 67.9 Å². The van der Waals surface area contributed by atoms with Gasteiger partial charge in [-0.3, -0.25) is 4.79 Å². The number of carbonyl (C=O) groups is 2. The van der Waals surface area contributed by atoms with E-state index in [2.05, 4.69) is 5.32 Å². The lowest BCUT2D eigenvalue weighted by Gasteiger charge is -2.25. The molecular weight excluding hydrogens is 513 g/mol. The highest BCUT2D eigenvalue weighted by atomic mass is 19.4. The van der Waals surface area contributed by atoms with Gasteiger partial charge in [0.15, 0.2) is 0 Å². The zero-order valence-corrected chi connectivity index (χ0v) is 19.2. The molecule has 200 valence electrons. The van der Waals surface area contributed by atoms with E-state index < -0.39 is 65.5 Å². The normalized spacial score (nSPS) is 23.1. The van der Waals surface area contributed by atoms with E-state index in [0.717, 1.165) is 0 Å². The molecule has 4 atom stereocenters. The molecule has 2 aromatic carbocycles. The van der Waals surface area contributed by atoms with Crippen molar-refractivity contribution in [2.24, 2.45) is 0 Å². The molecule has 4 rings (SSSR count). The third kappa shape index (κ3) is 5.97. The summed E-state index contributed by atoms with van der Waals surface area (Å²) in [6, 6.07) is 5.57. The number of nitrogens with one attached hydrogen (secondary N) is 1. The van der Waals surface area contributed by atoms with Crippen molar-refractivity contribution < 1.29 is 49.8 Å². The lowest BCUT2D eigenvalue weighted by Crippen LogP contribution is -2.45. The van der Waals surface area contributed by atoms with E-state index >= 15 is 0 Å². The Morgan fingerprint density at radius 2 is 1.62 bits per heavy atom. The summed E-state index contributed by atoms with van der Waals surface area (Å²) in [5.74, 6) is -1.58. The Kier molecular flexibility index (Phi) is 7.10. The molecule has 0 radical (unpaired) electrons. The maximum atomic E-state index is 13.5. The molecule has 2 heterocycles. The van der Waals surface area contributed by atoms with Crippen LogP contribution in [0.4, 0.5) is 35.5 Å². The number of ether oxygens (including phenoxy) is 2. The molecule has 0 saturated carbocycles. The standard InChI is InChI=1S/C24H21F7N2O4/c1-12(14-6-15(23(26,27)28)8-16(7-14)24(29,30)31)37-20-10-33(21(34)19-11-36-22(35)32-19)9-18(20)13-2-4-17(25)5-3-13/h2-8,12,18-20H,9-11H2,1H3,(H,32,35)/t12-,18+,19+,20-/m1/s1. The van der Waals surface area contributed by atoms with Crippen LogP contribution in [0.15, 0.2) is 42.5 Å². The Morgan fingerprint density at radius 3 is 2.14 bits per heavy atom. The lowest BCUT2D eigenvalue weighted by molar-refractivity contribution is -0.143. The fraction of sp³-hybridized carbons (Fsp3) is 0.417. The van der Waals surface area contributed by atoms with Gasteiger partial charge in [-0.25, -0.2) is 9.18 Å². The zero-order chi connectivity index (χ0) is 27.1. The van der Waals surface area contributed by atoms with Gasteiger partial charge < -0.3 is 19.7 Å². The van der Waals surface area contributed by atoms with Crippen molar-refractivity contribution in [3.63, 3.8) is 0 Å². The number of hydrogen-bond donors (Lipinski definition) is 1. The summed E-state index contributed by atoms with van der Waals surface area (Å²) in [6.45, 7) is 1.11. The van der Waals surface area contributed by atoms with E-state index in [4.69, 9.17) is 9.47 Å². The van der Waals surface area contributed by atoms with E-state index in [1.54, 1.807) is 0 Å². The smallest absolute Gasteiger partial charge is 0.416 e. The first kappa shape index (κ1) is 26.7. The quantitative estimate of drug-likeness (QED) is 0.546. The number of cyclic esters (lactones) is 1. The Bertz CT molecular complexity index is 1130. The molecular formula is C24H21F7N2O4. The number of carbonyl (C=O) groups excluding carboxylic acids is 2. The molecule has 2 aliphatic heterocycles. The predicted octanol–water partition coefficient (Wildman–Crippen LogP) is 5.04. The van der Waals surface area contributed by atoms with Crippen LogP contribution in [-0.4, -0.2) is 48.7 Å². The molecule has 6 nitrogen and oxygen atoms in total. The number of alkyl carbamates (subject to hydrolysis) is 1. The Hall–Kier alpha value is -3.35. The number of amides is 2. The SMILES string of the molecule is C[C@@H](O[C@@H]1CN(C(=O)[C@@H]2COC(=O)N2)C[C@H]1c1ccc(F)cc1)c1cc(C(F)(F)F)cc(C(F)(F)F)c1. The highest BCUT2D eigenvalue weighted by Gasteiger charge is 2.42. The van der Waals surface area contributed by atoms with Gasteiger partial charge in [-0.05, 0) is 48.4 Å². The van der Waals surface area contributed by atoms with Crippen LogP contribution < -0.4 is 5.32 Å². The number of likely N-dealkylation sites (tertiary alicyclic amines) is 1. The number of benzene rings is 2. The number of alkyl halides is 6. The highest BCUT2D eigenvalue weighted by molar-refractivity contribution is 5.88. The number of halogens is 7. The first-order valence-corrected chi connectivity index (χ1v) is 11.1. The molecule has 2 aromatic rings. The predicted molar refractivity (Wildman–Crippen MR) is 114 cm³/mol. The molecule has 1 N–H and O–H groups in total. The minimum absolute atomic E-state index is 0.0332. The van der Waals surface area contributed by atoms with Gasteiger partial charge in [0.25, 0.3) is 0 Å². The maximum Gasteiger partial charge on any atom is 0.416 e. The molecule has 2 saturated heterocycles. The van der Waals surface area contributed by atoms with E-state index in [1.807, 2.05) is 0 Å². The molecule has 2 aliphatic rings. The molecule has 13 heteroatoms. The molecule has 0 aliphatic carbocycles. The van der Waals surface area contributed by atoms with Gasteiger partial charge in [-0.1, -0.05) is 12.1 Å². The van der Waals surface area contributed by atoms with Crippen LogP contribution in [0.1, 0.15) is 41.2 Å². The van der Waals surface area contributed by atoms with Gasteiger partial charge in [0.2, 0.25) is 5.91 Å². The molecule has 37 heavy (non-hydrogen) atoms. The lowest BCUT2D eigenvalue weighted by atomic mass is 9.95. The summed E-state index contributed by atoms with van der Waals surface area (Å²) in [7, 11) is 0. The van der Waals surface area contributed by atoms with Crippen LogP contribution in [-0.2, 0) is 26.6 Å². The van der Waals surface area contributed by atoms with Crippen LogP contribution in [0.3, 0.4) is 0 Å². The van der Waals surface area contributed by atoms with Crippen molar-refractivity contribution in [2.45, 2.75) is 43.4 Å². The van der Waals surface area contributed by atoms with Crippen molar-refractivity contribution in [3.05, 3.63) is 70.5 Å². The molecule has 2 fully saturated rings. The Labute approximate surface area is 206 Å². The van der Waals surface area contributed by atoms with Crippen molar-refractivity contribution >= 4 is 12.0 Å². The third-order valence-electron chi connectivity index (χ3n) is 6.31. The highest BCUT2D eigenvalue weighted by Crippen LogP contribution is 2.39. The van der Waals surface area contributed by atoms with Crippen molar-refractivity contribution in [1.82, 2.24) is 10.2 Å². The van der Waals surface area contributed by atoms with Crippen molar-refractivity contribution in [1.29, 1.82) is 0 Å². The number of nitrogens with zero attached hydrogens (tertiary/aromatic N) is 1. The van der Waals surface area contributed by atoms with E-state index in [-0.39, 0.29) is 31.3 Å². The fourth-order valence-electron chi connectivity index (χ4n) is 4.41. The van der Waals surface area contributed by atoms with Crippen LogP contribution in [0, 0.1) is 5.82 Å². The second-order valence-electron chi connectivity index (χ2n) is 8.85. The molecule has 0 aromatic heterocycles. The second kappa shape index (κ2) is 9.84. The largest absolute Gasteiger partial charge is 0.447 e. The van der Waals surface area contributed by atoms with E-state index in [0.29, 0.717) is 17.7 Å². The van der Waals surface area contributed by atoms with Crippen molar-refractivity contribution in [3.8, 4) is 0 Å². The molecule has 0 spiro atoms. The van der Waals surface area contributed by atoms with E-state index in [9.17, 15) is 40.3 Å². The average molecular weight is 534 g/mol. The average Bonchev–Trinajstić information content (AvgIpc) is 3.44. The summed E-state index contributed by atoms with van der Waals surface area (Å²) in [4.78, 5) is 25.6. The monoisotopic (exact) mass is 534 g/mol. The Morgan fingerprint density at radius 1 is 1.03 bits per heavy atom. The summed E-state index contributed by atoms with van der Waals surface area (Å²) in [5, 5.41) is 2.36. The summed E-state index contributed by atoms with van der Waals surface area (Å²) < 4.78 is 104. The first-order valence-electron chi connectivity index (χ1n) is 11.1. The number of hydrogen-bond acceptors (Lipinski definition) is 4. The second-order valence-corrected chi connectivity index (χ2v) is 8.85. The van der Waals surface area contributed by atoms with Crippen LogP contribution in [0.2, 0.25) is 0 Å². The van der Waals surface area contributed by atoms with Crippen LogP contribution in [0.5, 0.6) is 0 Å². The van der Waals surface area contributed by atoms with Crippen LogP contribution >= 0.6 is 0 Å². The van der Waals surface area contributed by atoms with Gasteiger partial charge in [0.1, 0.15) is 18.5 Å². The maximum absolute atomic E-state index is 13.5. The molecule has 0 bridgehead atoms. The minimum atomic E-state index is -5.02. The van der Waals surface area contributed by atoms with E-state index in [1.165, 1.54) is 36.1 Å². The number of rotatable bonds is 5. The van der Waals surface area contributed by atoms with Gasteiger partial charge in [-0.15, -0.1) is 0 Å². The summed E-state index contributed by atoms with van der Waals surface area (Å²) in [5.41, 5.74) is -2.73. The fourth-order valence-corrected chi connectivity index (χ4v) is 4.41. The summed E-state index contributed by atoms with van der Waals surface area (Å²) in [6.07, 6.45) is -12.9. The van der Waals surface area contributed by atoms with Gasteiger partial charge in [0, 0.05) is 19.0 Å². The summed E-state index contributed by atoms with van der Waals surface area (Å²) >= 11 is 0. The van der Waals surface area contributed by atoms with Crippen LogP contribution in [0.25, 0.3) is 0 Å². The van der Waals surface area contributed by atoms with Gasteiger partial charge in [-0.2, -0.15) is 26.3 Å². The van der Waals surface area contributed by atoms with Gasteiger partial charge >= 0.3 is 18.4 Å². The third-order valence-corrected chi connectivity index (χ3v) is 6.31. The first-order chi connectivity index (χ1) is 17.2. The molecule has 0 unspecified atom stereocenters.